The predicted molar refractivity (Wildman–Crippen MR) is 204 cm³/mol. The first-order valence-electron chi connectivity index (χ1n) is 18.3. The second-order valence-electron chi connectivity index (χ2n) is 15.0. The Morgan fingerprint density at radius 2 is 1.61 bits per heavy atom. The highest BCUT2D eigenvalue weighted by Crippen LogP contribution is 2.41. The van der Waals surface area contributed by atoms with E-state index in [9.17, 15) is 19.2 Å². The van der Waals surface area contributed by atoms with Crippen LogP contribution in [-0.4, -0.2) is 103 Å². The first-order valence-corrected chi connectivity index (χ1v) is 18.3. The van der Waals surface area contributed by atoms with Crippen LogP contribution in [0, 0.1) is 0 Å². The van der Waals surface area contributed by atoms with Crippen molar-refractivity contribution in [2.75, 3.05) is 51.5 Å². The number of unbranched alkanes of at least 4 members (excludes halogenated alkanes) is 1. The fraction of sp³-hybridized carbons (Fsp3) is 0.538. The van der Waals surface area contributed by atoms with Crippen molar-refractivity contribution in [1.82, 2.24) is 30.9 Å². The average Bonchev–Trinajstić information content (AvgIpc) is 3.51. The molecule has 1 aliphatic rings. The standard InChI is InChI=1S/C39H55N7O8/c1-38(2,3)42-30(36(49)54-39(4,5)6)17-12-13-19-40-37(50)53-21-20-46-35-29-16-10-11-18-31(29)45(33(48)24-41-32(47)26-52-23-22-51-7)25-27-14-8-9-15-28(27)34(35)43-44-46/h8-11,14-16,18,30,42H,12-13,17,19-26H2,1-7H3,(H,40,50)(H,41,47). The number of rotatable bonds is 17. The van der Waals surface area contributed by atoms with E-state index in [1.54, 1.807) is 16.7 Å². The van der Waals surface area contributed by atoms with Gasteiger partial charge in [0.25, 0.3) is 0 Å². The van der Waals surface area contributed by atoms with Gasteiger partial charge in [-0.3, -0.25) is 19.7 Å². The van der Waals surface area contributed by atoms with Gasteiger partial charge in [0.1, 0.15) is 30.6 Å². The van der Waals surface area contributed by atoms with Gasteiger partial charge in [-0.2, -0.15) is 0 Å². The molecule has 1 aliphatic heterocycles. The SMILES string of the molecule is COCCOCC(=O)NCC(=O)N1Cc2ccccc2-c2nnn(CCOC(=O)NCCCCC(NC(C)(C)C)C(=O)OC(C)(C)C)c2-c2ccccc21. The van der Waals surface area contributed by atoms with Gasteiger partial charge < -0.3 is 34.5 Å². The third kappa shape index (κ3) is 12.6. The molecule has 0 aliphatic carbocycles. The predicted octanol–water partition coefficient (Wildman–Crippen LogP) is 4.23. The smallest absolute Gasteiger partial charge is 0.407 e. The van der Waals surface area contributed by atoms with E-state index >= 15 is 0 Å². The van der Waals surface area contributed by atoms with Crippen molar-refractivity contribution in [3.63, 3.8) is 0 Å². The number of amides is 3. The molecule has 2 aromatic carbocycles. The van der Waals surface area contributed by atoms with Crippen LogP contribution in [0.3, 0.4) is 0 Å². The molecule has 0 bridgehead atoms. The molecule has 0 fully saturated rings. The maximum atomic E-state index is 13.7. The van der Waals surface area contributed by atoms with Crippen LogP contribution in [0.2, 0.25) is 0 Å². The molecule has 2 heterocycles. The Hall–Kier alpha value is -4.86. The largest absolute Gasteiger partial charge is 0.459 e. The highest BCUT2D eigenvalue weighted by molar-refractivity contribution is 6.02. The van der Waals surface area contributed by atoms with Gasteiger partial charge in [0.2, 0.25) is 11.8 Å². The quantitative estimate of drug-likeness (QED) is 0.133. The zero-order valence-electron chi connectivity index (χ0n) is 32.5. The number of methoxy groups -OCH3 is 1. The van der Waals surface area contributed by atoms with Crippen LogP contribution in [0.1, 0.15) is 66.4 Å². The summed E-state index contributed by atoms with van der Waals surface area (Å²) in [5, 5.41) is 17.8. The van der Waals surface area contributed by atoms with Gasteiger partial charge in [-0.25, -0.2) is 9.48 Å². The van der Waals surface area contributed by atoms with E-state index in [-0.39, 0.29) is 56.9 Å². The molecule has 0 saturated heterocycles. The number of carbonyl (C=O) groups excluding carboxylic acids is 4. The van der Waals surface area contributed by atoms with Crippen LogP contribution in [0.15, 0.2) is 48.5 Å². The maximum Gasteiger partial charge on any atom is 0.407 e. The number of benzene rings is 2. The molecule has 0 saturated carbocycles. The monoisotopic (exact) mass is 749 g/mol. The number of carbonyl (C=O) groups is 4. The fourth-order valence-electron chi connectivity index (χ4n) is 5.91. The number of nitrogens with one attached hydrogen (secondary N) is 3. The number of anilines is 1. The fourth-order valence-corrected chi connectivity index (χ4v) is 5.91. The summed E-state index contributed by atoms with van der Waals surface area (Å²) in [6.45, 7) is 12.6. The van der Waals surface area contributed by atoms with Crippen molar-refractivity contribution in [2.45, 2.75) is 91.1 Å². The zero-order valence-corrected chi connectivity index (χ0v) is 32.5. The van der Waals surface area contributed by atoms with Crippen LogP contribution in [0.5, 0.6) is 0 Å². The van der Waals surface area contributed by atoms with Gasteiger partial charge in [0.05, 0.1) is 44.2 Å². The normalized spacial score (nSPS) is 13.1. The van der Waals surface area contributed by atoms with E-state index in [1.807, 2.05) is 90.1 Å². The Kier molecular flexibility index (Phi) is 15.1. The van der Waals surface area contributed by atoms with Crippen molar-refractivity contribution < 1.29 is 38.1 Å². The van der Waals surface area contributed by atoms with E-state index in [0.29, 0.717) is 55.1 Å². The summed E-state index contributed by atoms with van der Waals surface area (Å²) in [5.74, 6) is -1.01. The molecule has 1 unspecified atom stereocenters. The first-order chi connectivity index (χ1) is 25.7. The van der Waals surface area contributed by atoms with Crippen LogP contribution in [-0.2, 0) is 46.4 Å². The van der Waals surface area contributed by atoms with Crippen molar-refractivity contribution in [3.05, 3.63) is 54.1 Å². The van der Waals surface area contributed by atoms with Crippen LogP contribution in [0.4, 0.5) is 10.5 Å². The summed E-state index contributed by atoms with van der Waals surface area (Å²) in [6, 6.07) is 14.6. The van der Waals surface area contributed by atoms with Gasteiger partial charge in [-0.1, -0.05) is 47.7 Å². The first kappa shape index (κ1) is 41.9. The third-order valence-corrected chi connectivity index (χ3v) is 8.21. The molecule has 4 rings (SSSR count). The van der Waals surface area contributed by atoms with Crippen molar-refractivity contribution in [2.24, 2.45) is 0 Å². The molecule has 15 heteroatoms. The number of alkyl carbamates (subject to hydrolysis) is 1. The van der Waals surface area contributed by atoms with Gasteiger partial charge in [0, 0.05) is 30.3 Å². The van der Waals surface area contributed by atoms with Crippen LogP contribution >= 0.6 is 0 Å². The van der Waals surface area contributed by atoms with E-state index < -0.39 is 23.6 Å². The Morgan fingerprint density at radius 3 is 2.33 bits per heavy atom. The Bertz CT molecular complexity index is 1730. The molecule has 3 N–H and O–H groups in total. The molecule has 1 aromatic heterocycles. The van der Waals surface area contributed by atoms with Crippen LogP contribution in [0.25, 0.3) is 22.5 Å². The number of aromatic nitrogens is 3. The lowest BCUT2D eigenvalue weighted by molar-refractivity contribution is -0.158. The summed E-state index contributed by atoms with van der Waals surface area (Å²) in [4.78, 5) is 53.2. The number of esters is 1. The third-order valence-electron chi connectivity index (χ3n) is 8.21. The molecular formula is C39H55N7O8. The molecule has 0 spiro atoms. The lowest BCUT2D eigenvalue weighted by Crippen LogP contribution is -2.49. The minimum absolute atomic E-state index is 0.0167. The Morgan fingerprint density at radius 1 is 0.889 bits per heavy atom. The van der Waals surface area contributed by atoms with Crippen molar-refractivity contribution in [3.8, 4) is 22.5 Å². The number of fused-ring (bicyclic) bond motifs is 5. The van der Waals surface area contributed by atoms with E-state index in [0.717, 1.165) is 11.1 Å². The topological polar surface area (TPSA) is 175 Å². The minimum Gasteiger partial charge on any atom is -0.459 e. The molecule has 3 amide bonds. The van der Waals surface area contributed by atoms with Crippen LogP contribution < -0.4 is 20.9 Å². The number of nitrogens with zero attached hydrogens (tertiary/aromatic N) is 4. The number of ether oxygens (including phenoxy) is 4. The lowest BCUT2D eigenvalue weighted by atomic mass is 9.95. The number of para-hydroxylation sites is 1. The molecule has 294 valence electrons. The van der Waals surface area contributed by atoms with E-state index in [2.05, 4.69) is 26.3 Å². The lowest BCUT2D eigenvalue weighted by Gasteiger charge is -2.30. The molecule has 54 heavy (non-hydrogen) atoms. The summed E-state index contributed by atoms with van der Waals surface area (Å²) in [7, 11) is 1.55. The van der Waals surface area contributed by atoms with Gasteiger partial charge in [-0.05, 0) is 72.4 Å². The number of hydrogen-bond acceptors (Lipinski definition) is 11. The molecule has 0 radical (unpaired) electrons. The zero-order chi connectivity index (χ0) is 39.3. The van der Waals surface area contributed by atoms with Gasteiger partial charge >= 0.3 is 12.1 Å². The highest BCUT2D eigenvalue weighted by atomic mass is 16.6. The van der Waals surface area contributed by atoms with E-state index in [1.165, 1.54) is 0 Å². The van der Waals surface area contributed by atoms with Gasteiger partial charge in [0.15, 0.2) is 0 Å². The minimum atomic E-state index is -0.585. The summed E-state index contributed by atoms with van der Waals surface area (Å²) in [6.07, 6.45) is 1.33. The molecule has 3 aromatic rings. The molecular weight excluding hydrogens is 694 g/mol. The Labute approximate surface area is 317 Å². The highest BCUT2D eigenvalue weighted by Gasteiger charge is 2.30. The average molecular weight is 750 g/mol. The second-order valence-corrected chi connectivity index (χ2v) is 15.0. The van der Waals surface area contributed by atoms with Crippen molar-refractivity contribution in [1.29, 1.82) is 0 Å². The van der Waals surface area contributed by atoms with Crippen molar-refractivity contribution >= 4 is 29.6 Å². The summed E-state index contributed by atoms with van der Waals surface area (Å²) < 4.78 is 23.0. The maximum absolute atomic E-state index is 13.7. The summed E-state index contributed by atoms with van der Waals surface area (Å²) >= 11 is 0. The molecule has 15 nitrogen and oxygen atoms in total. The van der Waals surface area contributed by atoms with Gasteiger partial charge in [-0.15, -0.1) is 5.10 Å². The number of hydrogen-bond donors (Lipinski definition) is 3. The van der Waals surface area contributed by atoms with E-state index in [4.69, 9.17) is 18.9 Å². The summed E-state index contributed by atoms with van der Waals surface area (Å²) in [5.41, 5.74) is 3.45. The second kappa shape index (κ2) is 19.5. The Balaban J connectivity index is 1.38. The molecule has 1 atom stereocenters.